The lowest BCUT2D eigenvalue weighted by Gasteiger charge is -2.16. The lowest BCUT2D eigenvalue weighted by atomic mass is 10.0. The number of aromatic amines is 1. The van der Waals surface area contributed by atoms with Gasteiger partial charge in [-0.25, -0.2) is 4.79 Å². The van der Waals surface area contributed by atoms with E-state index in [1.54, 1.807) is 18.2 Å². The Balaban J connectivity index is 1.66. The molecule has 1 amide bonds. The monoisotopic (exact) mass is 420 g/mol. The molecule has 1 unspecified atom stereocenters. The molecule has 1 atom stereocenters. The number of ether oxygens (including phenoxy) is 2. The number of amides is 1. The van der Waals surface area contributed by atoms with E-state index in [0.717, 1.165) is 16.5 Å². The second-order valence-corrected chi connectivity index (χ2v) is 6.97. The molecular formula is C20H18Cl2N2O4. The van der Waals surface area contributed by atoms with Crippen molar-refractivity contribution in [1.29, 1.82) is 0 Å². The van der Waals surface area contributed by atoms with Gasteiger partial charge < -0.3 is 19.8 Å². The van der Waals surface area contributed by atoms with Crippen LogP contribution in [0.4, 0.5) is 0 Å². The fourth-order valence-electron chi connectivity index (χ4n) is 2.85. The standard InChI is InChI=1S/C20H18Cl2N2O4/c1-27-20(26)18(6-12-10-23-17-5-3-2-4-16(12)17)24-19(25)11-28-15-8-13(21)7-14(22)9-15/h2-5,7-10,18,23H,6,11H2,1H3,(H,24,25). The van der Waals surface area contributed by atoms with Crippen LogP contribution in [0.3, 0.4) is 0 Å². The molecule has 0 aliphatic heterocycles. The van der Waals surface area contributed by atoms with Crippen LogP contribution in [-0.2, 0) is 20.7 Å². The van der Waals surface area contributed by atoms with Crippen molar-refractivity contribution in [3.8, 4) is 5.75 Å². The summed E-state index contributed by atoms with van der Waals surface area (Å²) in [6.07, 6.45) is 2.10. The van der Waals surface area contributed by atoms with Crippen molar-refractivity contribution in [2.24, 2.45) is 0 Å². The molecule has 0 fully saturated rings. The first-order chi connectivity index (χ1) is 13.5. The van der Waals surface area contributed by atoms with Crippen LogP contribution in [0.15, 0.2) is 48.7 Å². The summed E-state index contributed by atoms with van der Waals surface area (Å²) in [5.41, 5.74) is 1.85. The minimum Gasteiger partial charge on any atom is -0.484 e. The minimum absolute atomic E-state index is 0.283. The maximum atomic E-state index is 12.3. The van der Waals surface area contributed by atoms with Gasteiger partial charge in [0.15, 0.2) is 6.61 Å². The van der Waals surface area contributed by atoms with Crippen molar-refractivity contribution in [1.82, 2.24) is 10.3 Å². The van der Waals surface area contributed by atoms with E-state index in [4.69, 9.17) is 32.7 Å². The van der Waals surface area contributed by atoms with E-state index in [-0.39, 0.29) is 13.0 Å². The number of halogens is 2. The Kier molecular flexibility index (Phi) is 6.44. The molecular weight excluding hydrogens is 403 g/mol. The summed E-state index contributed by atoms with van der Waals surface area (Å²) in [6.45, 7) is -0.294. The van der Waals surface area contributed by atoms with Crippen molar-refractivity contribution in [2.45, 2.75) is 12.5 Å². The molecule has 6 nitrogen and oxygen atoms in total. The highest BCUT2D eigenvalue weighted by molar-refractivity contribution is 6.34. The predicted molar refractivity (Wildman–Crippen MR) is 108 cm³/mol. The lowest BCUT2D eigenvalue weighted by Crippen LogP contribution is -2.44. The molecule has 1 heterocycles. The van der Waals surface area contributed by atoms with E-state index in [1.807, 2.05) is 30.5 Å². The van der Waals surface area contributed by atoms with Gasteiger partial charge >= 0.3 is 5.97 Å². The maximum Gasteiger partial charge on any atom is 0.328 e. The highest BCUT2D eigenvalue weighted by Crippen LogP contribution is 2.24. The van der Waals surface area contributed by atoms with Gasteiger partial charge in [0.05, 0.1) is 7.11 Å². The number of nitrogens with one attached hydrogen (secondary N) is 2. The van der Waals surface area contributed by atoms with Crippen LogP contribution in [-0.4, -0.2) is 36.6 Å². The van der Waals surface area contributed by atoms with Crippen LogP contribution in [0, 0.1) is 0 Å². The number of hydrogen-bond acceptors (Lipinski definition) is 4. The van der Waals surface area contributed by atoms with E-state index in [2.05, 4.69) is 10.3 Å². The molecule has 0 spiro atoms. The molecule has 0 radical (unpaired) electrons. The SMILES string of the molecule is COC(=O)C(Cc1c[nH]c2ccccc12)NC(=O)COc1cc(Cl)cc(Cl)c1. The molecule has 2 N–H and O–H groups in total. The average Bonchev–Trinajstić information content (AvgIpc) is 3.07. The number of carbonyl (C=O) groups excluding carboxylic acids is 2. The first-order valence-electron chi connectivity index (χ1n) is 8.47. The van der Waals surface area contributed by atoms with Gasteiger partial charge in [-0.2, -0.15) is 0 Å². The number of fused-ring (bicyclic) bond motifs is 1. The summed E-state index contributed by atoms with van der Waals surface area (Å²) in [5.74, 6) is -0.644. The van der Waals surface area contributed by atoms with Crippen LogP contribution < -0.4 is 10.1 Å². The molecule has 146 valence electrons. The van der Waals surface area contributed by atoms with Gasteiger partial charge in [0.1, 0.15) is 11.8 Å². The molecule has 0 saturated carbocycles. The van der Waals surface area contributed by atoms with Gasteiger partial charge in [0, 0.05) is 33.6 Å². The number of benzene rings is 2. The Morgan fingerprint density at radius 2 is 1.86 bits per heavy atom. The number of H-pyrrole nitrogens is 1. The van der Waals surface area contributed by atoms with Gasteiger partial charge in [-0.3, -0.25) is 4.79 Å². The van der Waals surface area contributed by atoms with E-state index < -0.39 is 17.9 Å². The predicted octanol–water partition coefficient (Wildman–Crippen LogP) is 3.75. The van der Waals surface area contributed by atoms with Gasteiger partial charge in [-0.1, -0.05) is 41.4 Å². The summed E-state index contributed by atoms with van der Waals surface area (Å²) in [6, 6.07) is 11.5. The van der Waals surface area contributed by atoms with Crippen molar-refractivity contribution >= 4 is 46.0 Å². The molecule has 3 rings (SSSR count). The van der Waals surface area contributed by atoms with Crippen molar-refractivity contribution < 1.29 is 19.1 Å². The van der Waals surface area contributed by atoms with E-state index >= 15 is 0 Å². The highest BCUT2D eigenvalue weighted by atomic mass is 35.5. The normalized spacial score (nSPS) is 11.8. The Hall–Kier alpha value is -2.70. The fourth-order valence-corrected chi connectivity index (χ4v) is 3.36. The Bertz CT molecular complexity index is 983. The number of carbonyl (C=O) groups is 2. The Labute approximate surface area is 171 Å². The van der Waals surface area contributed by atoms with Gasteiger partial charge in [0.2, 0.25) is 0 Å². The topological polar surface area (TPSA) is 80.4 Å². The van der Waals surface area contributed by atoms with Crippen molar-refractivity contribution in [3.63, 3.8) is 0 Å². The Morgan fingerprint density at radius 1 is 1.14 bits per heavy atom. The summed E-state index contributed by atoms with van der Waals surface area (Å²) < 4.78 is 10.2. The maximum absolute atomic E-state index is 12.3. The molecule has 0 bridgehead atoms. The van der Waals surface area contributed by atoms with Gasteiger partial charge in [-0.15, -0.1) is 0 Å². The third-order valence-corrected chi connectivity index (χ3v) is 4.56. The number of para-hydroxylation sites is 1. The number of aromatic nitrogens is 1. The number of esters is 1. The van der Waals surface area contributed by atoms with E-state index in [0.29, 0.717) is 15.8 Å². The van der Waals surface area contributed by atoms with Crippen molar-refractivity contribution in [3.05, 3.63) is 64.3 Å². The number of rotatable bonds is 7. The molecule has 0 aliphatic carbocycles. The van der Waals surface area contributed by atoms with Crippen LogP contribution in [0.1, 0.15) is 5.56 Å². The molecule has 3 aromatic rings. The average molecular weight is 421 g/mol. The summed E-state index contributed by atoms with van der Waals surface area (Å²) >= 11 is 11.8. The highest BCUT2D eigenvalue weighted by Gasteiger charge is 2.23. The first-order valence-corrected chi connectivity index (χ1v) is 9.23. The summed E-state index contributed by atoms with van der Waals surface area (Å²) in [5, 5.41) is 4.43. The third kappa shape index (κ3) is 4.97. The quantitative estimate of drug-likeness (QED) is 0.570. The zero-order valence-corrected chi connectivity index (χ0v) is 16.5. The smallest absolute Gasteiger partial charge is 0.328 e. The van der Waals surface area contributed by atoms with Gasteiger partial charge in [-0.05, 0) is 29.8 Å². The number of methoxy groups -OCH3 is 1. The van der Waals surface area contributed by atoms with E-state index in [1.165, 1.54) is 7.11 Å². The minimum atomic E-state index is -0.844. The van der Waals surface area contributed by atoms with Gasteiger partial charge in [0.25, 0.3) is 5.91 Å². The molecule has 1 aromatic heterocycles. The summed E-state index contributed by atoms with van der Waals surface area (Å²) in [7, 11) is 1.28. The zero-order chi connectivity index (χ0) is 20.1. The lowest BCUT2D eigenvalue weighted by molar-refractivity contribution is -0.145. The van der Waals surface area contributed by atoms with E-state index in [9.17, 15) is 9.59 Å². The molecule has 8 heteroatoms. The zero-order valence-electron chi connectivity index (χ0n) is 15.0. The van der Waals surface area contributed by atoms with Crippen LogP contribution >= 0.6 is 23.2 Å². The largest absolute Gasteiger partial charge is 0.484 e. The fraction of sp³-hybridized carbons (Fsp3) is 0.200. The molecule has 0 saturated heterocycles. The second kappa shape index (κ2) is 8.99. The molecule has 28 heavy (non-hydrogen) atoms. The summed E-state index contributed by atoms with van der Waals surface area (Å²) in [4.78, 5) is 27.6. The molecule has 2 aromatic carbocycles. The van der Waals surface area contributed by atoms with Crippen LogP contribution in [0.25, 0.3) is 10.9 Å². The van der Waals surface area contributed by atoms with Crippen molar-refractivity contribution in [2.75, 3.05) is 13.7 Å². The molecule has 0 aliphatic rings. The number of hydrogen-bond donors (Lipinski definition) is 2. The second-order valence-electron chi connectivity index (χ2n) is 6.10. The Morgan fingerprint density at radius 3 is 2.57 bits per heavy atom. The first kappa shape index (κ1) is 20.0. The third-order valence-electron chi connectivity index (χ3n) is 4.13. The van der Waals surface area contributed by atoms with Crippen LogP contribution in [0.5, 0.6) is 5.75 Å². The van der Waals surface area contributed by atoms with Crippen LogP contribution in [0.2, 0.25) is 10.0 Å².